The Morgan fingerprint density at radius 2 is 2.19 bits per heavy atom. The zero-order chi connectivity index (χ0) is 18.1. The Bertz CT molecular complexity index is 936. The molecule has 0 N–H and O–H groups in total. The largest absolute Gasteiger partial charge is 0.461 e. The van der Waals surface area contributed by atoms with Crippen LogP contribution in [0.5, 0.6) is 0 Å². The van der Waals surface area contributed by atoms with E-state index in [-0.39, 0.29) is 12.0 Å². The highest BCUT2D eigenvalue weighted by molar-refractivity contribution is 7.16. The molecular weight excluding hydrogens is 368 g/mol. The Labute approximate surface area is 159 Å². The molecule has 0 spiro atoms. The number of rotatable bonds is 5. The quantitative estimate of drug-likeness (QED) is 0.609. The Morgan fingerprint density at radius 3 is 3.00 bits per heavy atom. The summed E-state index contributed by atoms with van der Waals surface area (Å²) in [6, 6.07) is 2.24. The summed E-state index contributed by atoms with van der Waals surface area (Å²) in [5.74, 6) is 1.51. The minimum absolute atomic E-state index is 0.144. The van der Waals surface area contributed by atoms with Crippen molar-refractivity contribution in [1.82, 2.24) is 15.0 Å². The molecular formula is C18H20N4O2S2. The number of thiazole rings is 1. The monoisotopic (exact) mass is 388 g/mol. The molecule has 0 amide bonds. The molecule has 0 saturated carbocycles. The molecule has 26 heavy (non-hydrogen) atoms. The highest BCUT2D eigenvalue weighted by atomic mass is 32.1. The van der Waals surface area contributed by atoms with Gasteiger partial charge in [-0.1, -0.05) is 6.92 Å². The molecule has 1 aliphatic rings. The third-order valence-corrected chi connectivity index (χ3v) is 6.24. The van der Waals surface area contributed by atoms with Crippen LogP contribution in [0.3, 0.4) is 0 Å². The first-order valence-electron chi connectivity index (χ1n) is 8.84. The van der Waals surface area contributed by atoms with Crippen molar-refractivity contribution in [2.45, 2.75) is 39.2 Å². The van der Waals surface area contributed by atoms with E-state index in [2.05, 4.69) is 33.2 Å². The third-order valence-electron chi connectivity index (χ3n) is 4.48. The lowest BCUT2D eigenvalue weighted by Gasteiger charge is -2.25. The number of nitrogens with zero attached hydrogens (tertiary/aromatic N) is 4. The Morgan fingerprint density at radius 1 is 1.31 bits per heavy atom. The molecule has 6 nitrogen and oxygen atoms in total. The number of carbonyl (C=O) groups is 1. The van der Waals surface area contributed by atoms with Crippen molar-refractivity contribution in [2.24, 2.45) is 0 Å². The Hall–Kier alpha value is -2.06. The van der Waals surface area contributed by atoms with Crippen LogP contribution < -0.4 is 4.90 Å². The van der Waals surface area contributed by atoms with Crippen LogP contribution in [0.4, 0.5) is 5.82 Å². The number of carbonyl (C=O) groups excluding carboxylic acids is 1. The maximum absolute atomic E-state index is 11.9. The number of aromatic nitrogens is 3. The van der Waals surface area contributed by atoms with Gasteiger partial charge in [0.05, 0.1) is 18.0 Å². The van der Waals surface area contributed by atoms with Gasteiger partial charge in [0, 0.05) is 18.3 Å². The van der Waals surface area contributed by atoms with E-state index in [1.165, 1.54) is 11.3 Å². The van der Waals surface area contributed by atoms with Crippen molar-refractivity contribution in [3.05, 3.63) is 33.4 Å². The van der Waals surface area contributed by atoms with Crippen molar-refractivity contribution in [2.75, 3.05) is 18.1 Å². The first kappa shape index (κ1) is 17.4. The average Bonchev–Trinajstić information content (AvgIpc) is 3.39. The molecule has 1 saturated heterocycles. The smallest absolute Gasteiger partial charge is 0.357 e. The summed E-state index contributed by atoms with van der Waals surface area (Å²) >= 11 is 3.17. The third kappa shape index (κ3) is 3.07. The molecule has 4 heterocycles. The molecule has 1 fully saturated rings. The van der Waals surface area contributed by atoms with Crippen LogP contribution in [-0.2, 0) is 11.2 Å². The van der Waals surface area contributed by atoms with Crippen LogP contribution >= 0.6 is 22.7 Å². The lowest BCUT2D eigenvalue weighted by atomic mass is 10.2. The van der Waals surface area contributed by atoms with E-state index in [0.717, 1.165) is 52.7 Å². The van der Waals surface area contributed by atoms with E-state index in [9.17, 15) is 4.79 Å². The molecule has 1 unspecified atom stereocenters. The van der Waals surface area contributed by atoms with Gasteiger partial charge < -0.3 is 9.64 Å². The van der Waals surface area contributed by atoms with Crippen LogP contribution in [0.2, 0.25) is 0 Å². The first-order valence-corrected chi connectivity index (χ1v) is 10.6. The van der Waals surface area contributed by atoms with Gasteiger partial charge in [-0.15, -0.1) is 22.7 Å². The van der Waals surface area contributed by atoms with E-state index in [0.29, 0.717) is 12.3 Å². The number of ether oxygens (including phenoxy) is 1. The van der Waals surface area contributed by atoms with Gasteiger partial charge in [0.2, 0.25) is 0 Å². The van der Waals surface area contributed by atoms with E-state index in [4.69, 9.17) is 9.72 Å². The van der Waals surface area contributed by atoms with Gasteiger partial charge in [-0.2, -0.15) is 0 Å². The maximum atomic E-state index is 11.9. The van der Waals surface area contributed by atoms with Crippen LogP contribution in [-0.4, -0.2) is 34.1 Å². The number of hydrogen-bond acceptors (Lipinski definition) is 8. The minimum atomic E-state index is -0.352. The summed E-state index contributed by atoms with van der Waals surface area (Å²) in [6.07, 6.45) is 2.90. The van der Waals surface area contributed by atoms with Crippen molar-refractivity contribution < 1.29 is 9.53 Å². The number of esters is 1. The second kappa shape index (κ2) is 7.28. The normalized spacial score (nSPS) is 17.2. The molecule has 8 heteroatoms. The number of fused-ring (bicyclic) bond motifs is 1. The van der Waals surface area contributed by atoms with E-state index < -0.39 is 0 Å². The van der Waals surface area contributed by atoms with E-state index in [1.807, 2.05) is 0 Å². The SMILES string of the molecule is CCOC(=O)c1csc(C2CCCN2c2nc(CC)nc3sccc23)n1. The number of thiophene rings is 1. The summed E-state index contributed by atoms with van der Waals surface area (Å²) in [5.41, 5.74) is 0.399. The maximum Gasteiger partial charge on any atom is 0.357 e. The molecule has 0 radical (unpaired) electrons. The van der Waals surface area contributed by atoms with Gasteiger partial charge in [0.1, 0.15) is 21.5 Å². The Kier molecular flexibility index (Phi) is 4.86. The second-order valence-corrected chi connectivity index (χ2v) is 7.88. The van der Waals surface area contributed by atoms with Gasteiger partial charge in [0.15, 0.2) is 5.69 Å². The van der Waals surface area contributed by atoms with Crippen molar-refractivity contribution in [3.8, 4) is 0 Å². The predicted octanol–water partition coefficient (Wildman–Crippen LogP) is 4.23. The molecule has 1 aliphatic heterocycles. The zero-order valence-electron chi connectivity index (χ0n) is 14.8. The van der Waals surface area contributed by atoms with E-state index in [1.54, 1.807) is 23.6 Å². The molecule has 0 bridgehead atoms. The molecule has 0 aliphatic carbocycles. The number of aryl methyl sites for hydroxylation is 1. The van der Waals surface area contributed by atoms with Crippen LogP contribution in [0.1, 0.15) is 54.1 Å². The lowest BCUT2D eigenvalue weighted by molar-refractivity contribution is 0.0520. The van der Waals surface area contributed by atoms with Gasteiger partial charge in [0.25, 0.3) is 0 Å². The van der Waals surface area contributed by atoms with E-state index >= 15 is 0 Å². The molecule has 0 aromatic carbocycles. The minimum Gasteiger partial charge on any atom is -0.461 e. The van der Waals surface area contributed by atoms with Crippen LogP contribution in [0.15, 0.2) is 16.8 Å². The summed E-state index contributed by atoms with van der Waals surface area (Å²) in [5, 5.41) is 5.91. The first-order chi connectivity index (χ1) is 12.7. The van der Waals surface area contributed by atoms with Crippen LogP contribution in [0.25, 0.3) is 10.2 Å². The number of anilines is 1. The van der Waals surface area contributed by atoms with Gasteiger partial charge in [-0.05, 0) is 31.2 Å². The number of hydrogen-bond donors (Lipinski definition) is 0. The summed E-state index contributed by atoms with van der Waals surface area (Å²) < 4.78 is 5.07. The topological polar surface area (TPSA) is 68.2 Å². The lowest BCUT2D eigenvalue weighted by Crippen LogP contribution is -2.24. The van der Waals surface area contributed by atoms with Gasteiger partial charge in [-0.25, -0.2) is 19.7 Å². The highest BCUT2D eigenvalue weighted by Crippen LogP contribution is 2.40. The molecule has 3 aromatic rings. The van der Waals surface area contributed by atoms with Gasteiger partial charge >= 0.3 is 5.97 Å². The standard InChI is InChI=1S/C18H20N4O2S2/c1-3-14-20-15(11-7-9-25-16(11)21-14)22-8-5-6-13(22)17-19-12(10-26-17)18(23)24-4-2/h7,9-10,13H,3-6,8H2,1-2H3. The molecule has 1 atom stereocenters. The fraction of sp³-hybridized carbons (Fsp3) is 0.444. The summed E-state index contributed by atoms with van der Waals surface area (Å²) in [6.45, 7) is 5.17. The summed E-state index contributed by atoms with van der Waals surface area (Å²) in [4.78, 5) is 29.3. The van der Waals surface area contributed by atoms with Crippen molar-refractivity contribution >= 4 is 44.7 Å². The second-order valence-electron chi connectivity index (χ2n) is 6.10. The average molecular weight is 389 g/mol. The van der Waals surface area contributed by atoms with Gasteiger partial charge in [-0.3, -0.25) is 0 Å². The Balaban J connectivity index is 1.69. The highest BCUT2D eigenvalue weighted by Gasteiger charge is 2.31. The molecule has 3 aromatic heterocycles. The zero-order valence-corrected chi connectivity index (χ0v) is 16.4. The fourth-order valence-electron chi connectivity index (χ4n) is 3.28. The van der Waals surface area contributed by atoms with Crippen molar-refractivity contribution in [3.63, 3.8) is 0 Å². The molecule has 4 rings (SSSR count). The predicted molar refractivity (Wildman–Crippen MR) is 104 cm³/mol. The van der Waals surface area contributed by atoms with Crippen molar-refractivity contribution in [1.29, 1.82) is 0 Å². The fourth-order valence-corrected chi connectivity index (χ4v) is 4.99. The summed E-state index contributed by atoms with van der Waals surface area (Å²) in [7, 11) is 0. The molecule has 136 valence electrons. The van der Waals surface area contributed by atoms with Crippen LogP contribution in [0, 0.1) is 0 Å².